The Bertz CT molecular complexity index is 547. The van der Waals surface area contributed by atoms with E-state index in [4.69, 9.17) is 4.74 Å². The lowest BCUT2D eigenvalue weighted by Gasteiger charge is -2.22. The number of carbonyl (C=O) groups is 1. The molecule has 0 bridgehead atoms. The molecular formula is C18H30N4O2. The van der Waals surface area contributed by atoms with E-state index in [1.165, 1.54) is 5.56 Å². The summed E-state index contributed by atoms with van der Waals surface area (Å²) in [5, 5.41) is 2.73. The molecular weight excluding hydrogens is 304 g/mol. The van der Waals surface area contributed by atoms with Crippen LogP contribution in [0.1, 0.15) is 26.3 Å². The molecule has 0 aliphatic carbocycles. The smallest absolute Gasteiger partial charge is 0.412 e. The van der Waals surface area contributed by atoms with Gasteiger partial charge in [0.05, 0.1) is 0 Å². The van der Waals surface area contributed by atoms with E-state index in [9.17, 15) is 4.79 Å². The molecule has 0 radical (unpaired) electrons. The van der Waals surface area contributed by atoms with Crippen molar-refractivity contribution in [2.24, 2.45) is 4.99 Å². The normalized spacial score (nSPS) is 10.8. The monoisotopic (exact) mass is 334 g/mol. The number of amides is 1. The van der Waals surface area contributed by atoms with Crippen molar-refractivity contribution in [2.45, 2.75) is 32.8 Å². The zero-order valence-electron chi connectivity index (χ0n) is 15.9. The van der Waals surface area contributed by atoms with Crippen molar-refractivity contribution < 1.29 is 9.53 Å². The second-order valence-corrected chi connectivity index (χ2v) is 7.04. The zero-order valence-corrected chi connectivity index (χ0v) is 15.9. The number of ether oxygens (including phenoxy) is 1. The van der Waals surface area contributed by atoms with Crippen molar-refractivity contribution in [3.05, 3.63) is 29.8 Å². The lowest BCUT2D eigenvalue weighted by Crippen LogP contribution is -2.35. The number of anilines is 1. The van der Waals surface area contributed by atoms with Crippen LogP contribution in [-0.4, -0.2) is 62.2 Å². The van der Waals surface area contributed by atoms with Crippen LogP contribution in [0.5, 0.6) is 0 Å². The van der Waals surface area contributed by atoms with Gasteiger partial charge < -0.3 is 14.5 Å². The van der Waals surface area contributed by atoms with Crippen LogP contribution >= 0.6 is 0 Å². The number of nitrogens with zero attached hydrogens (tertiary/aromatic N) is 3. The molecule has 0 aromatic heterocycles. The van der Waals surface area contributed by atoms with E-state index in [-0.39, 0.29) is 0 Å². The van der Waals surface area contributed by atoms with E-state index in [2.05, 4.69) is 10.3 Å². The Morgan fingerprint density at radius 2 is 1.62 bits per heavy atom. The van der Waals surface area contributed by atoms with E-state index in [1.807, 2.05) is 83.0 Å². The van der Waals surface area contributed by atoms with Crippen LogP contribution in [0.4, 0.5) is 10.5 Å². The fraction of sp³-hybridized carbons (Fsp3) is 0.556. The first-order chi connectivity index (χ1) is 11.1. The summed E-state index contributed by atoms with van der Waals surface area (Å²) in [6, 6.07) is 7.74. The molecule has 0 saturated heterocycles. The Hall–Kier alpha value is -2.24. The SMILES string of the molecule is CN(C)C(=NCCc1ccc(NC(=O)OC(C)(C)C)cc1)N(C)C. The van der Waals surface area contributed by atoms with Gasteiger partial charge >= 0.3 is 6.09 Å². The molecule has 0 heterocycles. The molecule has 1 aromatic carbocycles. The highest BCUT2D eigenvalue weighted by Crippen LogP contribution is 2.13. The first-order valence-corrected chi connectivity index (χ1v) is 8.06. The molecule has 24 heavy (non-hydrogen) atoms. The molecule has 0 fully saturated rings. The molecule has 134 valence electrons. The maximum atomic E-state index is 11.7. The Kier molecular flexibility index (Phi) is 7.07. The van der Waals surface area contributed by atoms with Gasteiger partial charge in [-0.05, 0) is 44.9 Å². The molecule has 1 rings (SSSR count). The third-order valence-corrected chi connectivity index (χ3v) is 3.05. The van der Waals surface area contributed by atoms with Gasteiger partial charge in [0.2, 0.25) is 0 Å². The predicted molar refractivity (Wildman–Crippen MR) is 99.7 cm³/mol. The Labute approximate surface area is 145 Å². The summed E-state index contributed by atoms with van der Waals surface area (Å²) >= 11 is 0. The Morgan fingerprint density at radius 3 is 2.08 bits per heavy atom. The summed E-state index contributed by atoms with van der Waals surface area (Å²) < 4.78 is 5.23. The van der Waals surface area contributed by atoms with Crippen LogP contribution in [0, 0.1) is 0 Å². The summed E-state index contributed by atoms with van der Waals surface area (Å²) in [5.41, 5.74) is 1.39. The first kappa shape index (κ1) is 19.8. The van der Waals surface area contributed by atoms with Crippen LogP contribution in [-0.2, 0) is 11.2 Å². The van der Waals surface area contributed by atoms with Gasteiger partial charge in [-0.1, -0.05) is 12.1 Å². The molecule has 0 aliphatic rings. The molecule has 6 heteroatoms. The number of carbonyl (C=O) groups excluding carboxylic acids is 1. The molecule has 0 aliphatic heterocycles. The summed E-state index contributed by atoms with van der Waals surface area (Å²) in [7, 11) is 7.93. The highest BCUT2D eigenvalue weighted by Gasteiger charge is 2.16. The second-order valence-electron chi connectivity index (χ2n) is 7.04. The lowest BCUT2D eigenvalue weighted by atomic mass is 10.1. The Balaban J connectivity index is 2.56. The van der Waals surface area contributed by atoms with Gasteiger partial charge in [-0.2, -0.15) is 0 Å². The van der Waals surface area contributed by atoms with Crippen molar-refractivity contribution >= 4 is 17.7 Å². The van der Waals surface area contributed by atoms with Gasteiger partial charge in [0, 0.05) is 40.4 Å². The first-order valence-electron chi connectivity index (χ1n) is 8.06. The minimum atomic E-state index is -0.501. The van der Waals surface area contributed by atoms with E-state index < -0.39 is 11.7 Å². The van der Waals surface area contributed by atoms with Crippen LogP contribution < -0.4 is 5.32 Å². The number of guanidine groups is 1. The summed E-state index contributed by atoms with van der Waals surface area (Å²) in [4.78, 5) is 20.3. The van der Waals surface area contributed by atoms with Crippen molar-refractivity contribution in [1.82, 2.24) is 9.80 Å². The van der Waals surface area contributed by atoms with E-state index >= 15 is 0 Å². The number of hydrogen-bond donors (Lipinski definition) is 1. The molecule has 0 atom stereocenters. The van der Waals surface area contributed by atoms with Gasteiger partial charge in [0.15, 0.2) is 5.96 Å². The molecule has 1 amide bonds. The highest BCUT2D eigenvalue weighted by molar-refractivity contribution is 5.84. The van der Waals surface area contributed by atoms with E-state index in [0.717, 1.165) is 18.1 Å². The lowest BCUT2D eigenvalue weighted by molar-refractivity contribution is 0.0636. The number of hydrogen-bond acceptors (Lipinski definition) is 3. The zero-order chi connectivity index (χ0) is 18.3. The van der Waals surface area contributed by atoms with Crippen molar-refractivity contribution in [3.63, 3.8) is 0 Å². The third kappa shape index (κ3) is 7.35. The quantitative estimate of drug-likeness (QED) is 0.679. The number of benzene rings is 1. The molecule has 0 saturated carbocycles. The standard InChI is InChI=1S/C18H30N4O2/c1-18(2,3)24-17(23)20-15-10-8-14(9-11-15)12-13-19-16(21(4)5)22(6)7/h8-11H,12-13H2,1-7H3,(H,20,23). The largest absolute Gasteiger partial charge is 0.444 e. The summed E-state index contributed by atoms with van der Waals surface area (Å²) in [6.07, 6.45) is 0.402. The van der Waals surface area contributed by atoms with E-state index in [1.54, 1.807) is 0 Å². The van der Waals surface area contributed by atoms with Crippen molar-refractivity contribution in [2.75, 3.05) is 40.1 Å². The average Bonchev–Trinajstić information content (AvgIpc) is 2.42. The number of aliphatic imine (C=N–C) groups is 1. The van der Waals surface area contributed by atoms with Gasteiger partial charge in [-0.3, -0.25) is 10.3 Å². The van der Waals surface area contributed by atoms with Gasteiger partial charge in [-0.25, -0.2) is 4.79 Å². The van der Waals surface area contributed by atoms with Crippen LogP contribution in [0.2, 0.25) is 0 Å². The van der Waals surface area contributed by atoms with Gasteiger partial charge in [0.25, 0.3) is 0 Å². The predicted octanol–water partition coefficient (Wildman–Crippen LogP) is 3.06. The van der Waals surface area contributed by atoms with Crippen molar-refractivity contribution in [3.8, 4) is 0 Å². The number of rotatable bonds is 4. The van der Waals surface area contributed by atoms with Gasteiger partial charge in [0.1, 0.15) is 5.60 Å². The maximum Gasteiger partial charge on any atom is 0.412 e. The average molecular weight is 334 g/mol. The summed E-state index contributed by atoms with van der Waals surface area (Å²) in [6.45, 7) is 6.23. The van der Waals surface area contributed by atoms with Crippen LogP contribution in [0.25, 0.3) is 0 Å². The molecule has 1 aromatic rings. The molecule has 0 unspecified atom stereocenters. The maximum absolute atomic E-state index is 11.7. The van der Waals surface area contributed by atoms with E-state index in [0.29, 0.717) is 6.54 Å². The van der Waals surface area contributed by atoms with Crippen LogP contribution in [0.15, 0.2) is 29.3 Å². The Morgan fingerprint density at radius 1 is 1.08 bits per heavy atom. The molecule has 0 spiro atoms. The second kappa shape index (κ2) is 8.57. The number of nitrogens with one attached hydrogen (secondary N) is 1. The minimum absolute atomic E-state index is 0.443. The van der Waals surface area contributed by atoms with Crippen molar-refractivity contribution in [1.29, 1.82) is 0 Å². The fourth-order valence-corrected chi connectivity index (χ4v) is 2.14. The highest BCUT2D eigenvalue weighted by atomic mass is 16.6. The van der Waals surface area contributed by atoms with Gasteiger partial charge in [-0.15, -0.1) is 0 Å². The molecule has 1 N–H and O–H groups in total. The topological polar surface area (TPSA) is 57.2 Å². The summed E-state index contributed by atoms with van der Waals surface area (Å²) in [5.74, 6) is 0.943. The third-order valence-electron chi connectivity index (χ3n) is 3.05. The minimum Gasteiger partial charge on any atom is -0.444 e. The fourth-order valence-electron chi connectivity index (χ4n) is 2.14. The van der Waals surface area contributed by atoms with Crippen LogP contribution in [0.3, 0.4) is 0 Å². The molecule has 6 nitrogen and oxygen atoms in total.